The zero-order valence-corrected chi connectivity index (χ0v) is 12.0. The van der Waals surface area contributed by atoms with Gasteiger partial charge in [0.2, 0.25) is 0 Å². The first-order valence-corrected chi connectivity index (χ1v) is 6.70. The average molecular weight is 325 g/mol. The number of benzene rings is 2. The second-order valence-electron chi connectivity index (χ2n) is 4.28. The molecule has 0 heterocycles. The van der Waals surface area contributed by atoms with Gasteiger partial charge in [-0.05, 0) is 36.8 Å². The van der Waals surface area contributed by atoms with E-state index in [1.54, 1.807) is 6.92 Å². The summed E-state index contributed by atoms with van der Waals surface area (Å²) in [4.78, 5) is 0. The highest BCUT2D eigenvalue weighted by atomic mass is 79.9. The summed E-state index contributed by atoms with van der Waals surface area (Å²) in [5, 5.41) is 9.63. The summed E-state index contributed by atoms with van der Waals surface area (Å²) < 4.78 is 19.8. The number of ether oxygens (including phenoxy) is 1. The Hall–Kier alpha value is -1.39. The molecule has 1 atom stereocenters. The monoisotopic (exact) mass is 324 g/mol. The summed E-state index contributed by atoms with van der Waals surface area (Å²) >= 11 is 3.38. The van der Waals surface area contributed by atoms with Gasteiger partial charge in [-0.25, -0.2) is 4.39 Å². The minimum atomic E-state index is -0.696. The Morgan fingerprint density at radius 1 is 1.26 bits per heavy atom. The van der Waals surface area contributed by atoms with Gasteiger partial charge in [0.25, 0.3) is 0 Å². The molecule has 2 nitrogen and oxygen atoms in total. The largest absolute Gasteiger partial charge is 0.488 e. The number of hydrogen-bond acceptors (Lipinski definition) is 2. The van der Waals surface area contributed by atoms with Crippen LogP contribution in [0.5, 0.6) is 5.75 Å². The molecule has 100 valence electrons. The first kappa shape index (κ1) is 14.0. The van der Waals surface area contributed by atoms with E-state index in [4.69, 9.17) is 4.74 Å². The third-order valence-electron chi connectivity index (χ3n) is 2.71. The number of hydrogen-bond donors (Lipinski definition) is 1. The SMILES string of the molecule is C[C@@H](O)c1ccc(F)cc1OCc1cccc(Br)c1. The molecule has 0 amide bonds. The summed E-state index contributed by atoms with van der Waals surface area (Å²) in [6, 6.07) is 11.8. The van der Waals surface area contributed by atoms with Crippen LogP contribution >= 0.6 is 15.9 Å². The van der Waals surface area contributed by atoms with Crippen LogP contribution in [-0.4, -0.2) is 5.11 Å². The fourth-order valence-corrected chi connectivity index (χ4v) is 2.21. The van der Waals surface area contributed by atoms with Crippen molar-refractivity contribution in [3.05, 3.63) is 63.9 Å². The molecule has 0 fully saturated rings. The molecule has 19 heavy (non-hydrogen) atoms. The highest BCUT2D eigenvalue weighted by Crippen LogP contribution is 2.27. The lowest BCUT2D eigenvalue weighted by molar-refractivity contribution is 0.190. The maximum atomic E-state index is 13.2. The fourth-order valence-electron chi connectivity index (χ4n) is 1.77. The van der Waals surface area contributed by atoms with Crippen LogP contribution in [0.2, 0.25) is 0 Å². The molecule has 0 unspecified atom stereocenters. The summed E-state index contributed by atoms with van der Waals surface area (Å²) in [6.07, 6.45) is -0.696. The number of halogens is 2. The second kappa shape index (κ2) is 6.17. The number of aliphatic hydroxyl groups excluding tert-OH is 1. The van der Waals surface area contributed by atoms with Gasteiger partial charge in [0.05, 0.1) is 6.10 Å². The minimum Gasteiger partial charge on any atom is -0.488 e. The third-order valence-corrected chi connectivity index (χ3v) is 3.20. The summed E-state index contributed by atoms with van der Waals surface area (Å²) in [5.41, 5.74) is 1.55. The van der Waals surface area contributed by atoms with Crippen molar-refractivity contribution >= 4 is 15.9 Å². The lowest BCUT2D eigenvalue weighted by atomic mass is 10.1. The van der Waals surface area contributed by atoms with E-state index in [2.05, 4.69) is 15.9 Å². The molecule has 0 aliphatic heterocycles. The van der Waals surface area contributed by atoms with Gasteiger partial charge in [-0.3, -0.25) is 0 Å². The average Bonchev–Trinajstić information content (AvgIpc) is 2.36. The Kier molecular flexibility index (Phi) is 4.56. The maximum Gasteiger partial charge on any atom is 0.128 e. The van der Waals surface area contributed by atoms with Crippen molar-refractivity contribution in [1.82, 2.24) is 0 Å². The van der Waals surface area contributed by atoms with Crippen molar-refractivity contribution in [1.29, 1.82) is 0 Å². The molecule has 0 saturated heterocycles. The smallest absolute Gasteiger partial charge is 0.128 e. The van der Waals surface area contributed by atoms with Gasteiger partial charge in [0.1, 0.15) is 18.2 Å². The molecule has 0 aromatic heterocycles. The van der Waals surface area contributed by atoms with Crippen LogP contribution in [0.1, 0.15) is 24.2 Å². The lowest BCUT2D eigenvalue weighted by Gasteiger charge is -2.13. The summed E-state index contributed by atoms with van der Waals surface area (Å²) in [7, 11) is 0. The van der Waals surface area contributed by atoms with E-state index in [9.17, 15) is 9.50 Å². The molecular weight excluding hydrogens is 311 g/mol. The molecule has 1 N–H and O–H groups in total. The molecule has 0 saturated carbocycles. The Morgan fingerprint density at radius 3 is 2.74 bits per heavy atom. The predicted octanol–water partition coefficient (Wildman–Crippen LogP) is 4.22. The lowest BCUT2D eigenvalue weighted by Crippen LogP contribution is -2.01. The van der Waals surface area contributed by atoms with Crippen LogP contribution in [0.15, 0.2) is 46.9 Å². The van der Waals surface area contributed by atoms with Gasteiger partial charge < -0.3 is 9.84 Å². The van der Waals surface area contributed by atoms with Gasteiger partial charge >= 0.3 is 0 Å². The number of aliphatic hydroxyl groups is 1. The highest BCUT2D eigenvalue weighted by Gasteiger charge is 2.10. The van der Waals surface area contributed by atoms with Gasteiger partial charge in [0.15, 0.2) is 0 Å². The molecule has 0 aliphatic carbocycles. The van der Waals surface area contributed by atoms with Crippen molar-refractivity contribution in [3.8, 4) is 5.75 Å². The van der Waals surface area contributed by atoms with Gasteiger partial charge in [-0.1, -0.05) is 28.1 Å². The van der Waals surface area contributed by atoms with Crippen molar-refractivity contribution in [2.24, 2.45) is 0 Å². The van der Waals surface area contributed by atoms with Crippen molar-refractivity contribution in [2.75, 3.05) is 0 Å². The molecule has 0 radical (unpaired) electrons. The van der Waals surface area contributed by atoms with Gasteiger partial charge in [-0.15, -0.1) is 0 Å². The van der Waals surface area contributed by atoms with Gasteiger partial charge in [-0.2, -0.15) is 0 Å². The van der Waals surface area contributed by atoms with E-state index in [-0.39, 0.29) is 5.82 Å². The third kappa shape index (κ3) is 3.78. The van der Waals surface area contributed by atoms with E-state index in [1.807, 2.05) is 24.3 Å². The zero-order valence-electron chi connectivity index (χ0n) is 10.4. The van der Waals surface area contributed by atoms with Crippen molar-refractivity contribution < 1.29 is 14.2 Å². The van der Waals surface area contributed by atoms with E-state index in [0.717, 1.165) is 10.0 Å². The summed E-state index contributed by atoms with van der Waals surface area (Å²) in [5.74, 6) is -0.0105. The summed E-state index contributed by atoms with van der Waals surface area (Å²) in [6.45, 7) is 1.95. The second-order valence-corrected chi connectivity index (χ2v) is 5.19. The normalized spacial score (nSPS) is 12.2. The quantitative estimate of drug-likeness (QED) is 0.912. The van der Waals surface area contributed by atoms with E-state index >= 15 is 0 Å². The molecular formula is C15H14BrFO2. The van der Waals surface area contributed by atoms with Gasteiger partial charge in [0, 0.05) is 16.1 Å². The molecule has 2 rings (SSSR count). The van der Waals surface area contributed by atoms with Crippen molar-refractivity contribution in [3.63, 3.8) is 0 Å². The predicted molar refractivity (Wildman–Crippen MR) is 75.5 cm³/mol. The van der Waals surface area contributed by atoms with Crippen LogP contribution < -0.4 is 4.74 Å². The Balaban J connectivity index is 2.17. The Morgan fingerprint density at radius 2 is 2.05 bits per heavy atom. The van der Waals surface area contributed by atoms with E-state index in [1.165, 1.54) is 18.2 Å². The fraction of sp³-hybridized carbons (Fsp3) is 0.200. The standard InChI is InChI=1S/C15H14BrFO2/c1-10(18)14-6-5-13(17)8-15(14)19-9-11-3-2-4-12(16)7-11/h2-8,10,18H,9H2,1H3/t10-/m1/s1. The molecule has 0 aliphatic rings. The molecule has 0 bridgehead atoms. The van der Waals surface area contributed by atoms with Crippen LogP contribution in [-0.2, 0) is 6.61 Å². The van der Waals surface area contributed by atoms with Crippen molar-refractivity contribution in [2.45, 2.75) is 19.6 Å². The Labute approximate surface area is 120 Å². The first-order valence-electron chi connectivity index (χ1n) is 5.91. The van der Waals surface area contributed by atoms with E-state index in [0.29, 0.717) is 17.9 Å². The molecule has 2 aromatic carbocycles. The highest BCUT2D eigenvalue weighted by molar-refractivity contribution is 9.10. The van der Waals surface area contributed by atoms with Crippen LogP contribution in [0.25, 0.3) is 0 Å². The van der Waals surface area contributed by atoms with Crippen LogP contribution in [0.3, 0.4) is 0 Å². The minimum absolute atomic E-state index is 0.322. The first-order chi connectivity index (χ1) is 9.06. The Bertz CT molecular complexity index is 570. The van der Waals surface area contributed by atoms with Crippen LogP contribution in [0.4, 0.5) is 4.39 Å². The van der Waals surface area contributed by atoms with E-state index < -0.39 is 6.10 Å². The molecule has 0 spiro atoms. The number of rotatable bonds is 4. The molecule has 2 aromatic rings. The maximum absolute atomic E-state index is 13.2. The topological polar surface area (TPSA) is 29.5 Å². The zero-order chi connectivity index (χ0) is 13.8. The molecule has 4 heteroatoms. The van der Waals surface area contributed by atoms with Crippen LogP contribution in [0, 0.1) is 5.82 Å².